The average molecular weight is 505 g/mol. The van der Waals surface area contributed by atoms with E-state index < -0.39 is 0 Å². The van der Waals surface area contributed by atoms with Crippen LogP contribution in [-0.4, -0.2) is 55.6 Å². The maximum atomic E-state index is 6.12. The van der Waals surface area contributed by atoms with Gasteiger partial charge in [0.05, 0.1) is 24.9 Å². The fourth-order valence-electron chi connectivity index (χ4n) is 3.81. The summed E-state index contributed by atoms with van der Waals surface area (Å²) in [6.07, 6.45) is 3.25. The first-order valence-electron chi connectivity index (χ1n) is 12.0. The zero-order valence-electron chi connectivity index (χ0n) is 21.8. The number of pyridine rings is 1. The molecular weight excluding hydrogens is 472 g/mol. The van der Waals surface area contributed by atoms with Gasteiger partial charge in [-0.2, -0.15) is 0 Å². The molecule has 2 aromatic heterocycles. The number of nitrogens with zero attached hydrogens (tertiary/aromatic N) is 3. The third-order valence-electron chi connectivity index (χ3n) is 5.62. The summed E-state index contributed by atoms with van der Waals surface area (Å²) in [5, 5.41) is 4.23. The highest BCUT2D eigenvalue weighted by Gasteiger charge is 2.14. The lowest BCUT2D eigenvalue weighted by Gasteiger charge is -2.17. The van der Waals surface area contributed by atoms with Crippen molar-refractivity contribution in [3.63, 3.8) is 0 Å². The van der Waals surface area contributed by atoms with Gasteiger partial charge in [0.15, 0.2) is 11.5 Å². The molecule has 4 rings (SSSR count). The second kappa shape index (κ2) is 12.3. The lowest BCUT2D eigenvalue weighted by atomic mass is 10.1. The van der Waals surface area contributed by atoms with Crippen molar-refractivity contribution in [2.45, 2.75) is 20.8 Å². The number of hydrogen-bond donors (Lipinski definition) is 1. The molecule has 0 unspecified atom stereocenters. The monoisotopic (exact) mass is 504 g/mol. The largest absolute Gasteiger partial charge is 0.487 e. The van der Waals surface area contributed by atoms with Crippen molar-refractivity contribution in [1.29, 1.82) is 0 Å². The van der Waals surface area contributed by atoms with Crippen LogP contribution >= 0.6 is 0 Å². The van der Waals surface area contributed by atoms with Crippen LogP contribution in [0.25, 0.3) is 10.9 Å². The summed E-state index contributed by atoms with van der Waals surface area (Å²) in [5.74, 6) is 3.32. The van der Waals surface area contributed by atoms with Gasteiger partial charge < -0.3 is 29.0 Å². The Kier molecular flexibility index (Phi) is 8.71. The molecule has 4 aromatic rings. The second-order valence-electron chi connectivity index (χ2n) is 8.52. The molecule has 9 nitrogen and oxygen atoms in total. The van der Waals surface area contributed by atoms with Crippen molar-refractivity contribution in [1.82, 2.24) is 15.0 Å². The van der Waals surface area contributed by atoms with Gasteiger partial charge >= 0.3 is 0 Å². The van der Waals surface area contributed by atoms with Crippen LogP contribution in [0.2, 0.25) is 0 Å². The van der Waals surface area contributed by atoms with E-state index in [1.807, 2.05) is 57.2 Å². The van der Waals surface area contributed by atoms with E-state index in [0.29, 0.717) is 49.5 Å². The van der Waals surface area contributed by atoms with Crippen LogP contribution < -0.4 is 19.5 Å². The highest BCUT2D eigenvalue weighted by Crippen LogP contribution is 2.36. The van der Waals surface area contributed by atoms with Crippen LogP contribution in [0.4, 0.5) is 11.5 Å². The number of methoxy groups -OCH3 is 2. The van der Waals surface area contributed by atoms with E-state index in [4.69, 9.17) is 23.7 Å². The van der Waals surface area contributed by atoms with Crippen molar-refractivity contribution in [2.24, 2.45) is 0 Å². The van der Waals surface area contributed by atoms with E-state index >= 15 is 0 Å². The van der Waals surface area contributed by atoms with Crippen LogP contribution in [0.15, 0.2) is 48.9 Å². The van der Waals surface area contributed by atoms with E-state index in [1.165, 1.54) is 6.33 Å². The third kappa shape index (κ3) is 6.63. The third-order valence-corrected chi connectivity index (χ3v) is 5.62. The van der Waals surface area contributed by atoms with E-state index in [-0.39, 0.29) is 0 Å². The number of aromatic nitrogens is 3. The zero-order valence-corrected chi connectivity index (χ0v) is 21.8. The normalized spacial score (nSPS) is 10.9. The van der Waals surface area contributed by atoms with Gasteiger partial charge in [0.1, 0.15) is 36.9 Å². The SMILES string of the molecule is COCCOc1cc2ncnc(Nc3cc(C)c(Oc4ccc(C)nc4)c(C)c3)c2cc1OCCOC. The first-order valence-corrected chi connectivity index (χ1v) is 12.0. The number of rotatable bonds is 12. The molecule has 2 heterocycles. The van der Waals surface area contributed by atoms with Gasteiger partial charge in [0.25, 0.3) is 0 Å². The van der Waals surface area contributed by atoms with Gasteiger partial charge in [-0.15, -0.1) is 0 Å². The standard InChI is InChI=1S/C28H32N4O5/c1-18-12-21(13-19(2)27(18)37-22-7-6-20(3)29-16-22)32-28-23-14-25(35-10-8-33-4)26(36-11-9-34-5)15-24(23)30-17-31-28/h6-7,12-17H,8-11H2,1-5H3,(H,30,31,32). The Balaban J connectivity index is 1.62. The Morgan fingerprint density at radius 1 is 0.757 bits per heavy atom. The Hall–Kier alpha value is -3.95. The number of aryl methyl sites for hydroxylation is 3. The summed E-state index contributed by atoms with van der Waals surface area (Å²) >= 11 is 0. The molecule has 0 saturated heterocycles. The predicted molar refractivity (Wildman–Crippen MR) is 143 cm³/mol. The summed E-state index contributed by atoms with van der Waals surface area (Å²) in [6, 6.07) is 11.6. The first-order chi connectivity index (χ1) is 18.0. The van der Waals surface area contributed by atoms with Crippen LogP contribution in [0.5, 0.6) is 23.0 Å². The molecule has 0 amide bonds. The number of ether oxygens (including phenoxy) is 5. The molecule has 0 saturated carbocycles. The van der Waals surface area contributed by atoms with Crippen molar-refractivity contribution in [3.8, 4) is 23.0 Å². The maximum Gasteiger partial charge on any atom is 0.163 e. The van der Waals surface area contributed by atoms with Crippen LogP contribution in [0.1, 0.15) is 16.8 Å². The first kappa shape index (κ1) is 26.1. The van der Waals surface area contributed by atoms with Crippen molar-refractivity contribution < 1.29 is 23.7 Å². The predicted octanol–water partition coefficient (Wildman–Crippen LogP) is 5.54. The molecule has 0 atom stereocenters. The Morgan fingerprint density at radius 2 is 1.43 bits per heavy atom. The Bertz CT molecular complexity index is 1320. The van der Waals surface area contributed by atoms with Crippen molar-refractivity contribution in [2.75, 3.05) is 46.0 Å². The Morgan fingerprint density at radius 3 is 2.05 bits per heavy atom. The van der Waals surface area contributed by atoms with Crippen LogP contribution in [0, 0.1) is 20.8 Å². The van der Waals surface area contributed by atoms with E-state index in [0.717, 1.165) is 39.2 Å². The molecule has 2 aromatic carbocycles. The molecule has 0 fully saturated rings. The molecule has 0 aliphatic carbocycles. The zero-order chi connectivity index (χ0) is 26.2. The fourth-order valence-corrected chi connectivity index (χ4v) is 3.81. The minimum Gasteiger partial charge on any atom is -0.487 e. The highest BCUT2D eigenvalue weighted by atomic mass is 16.5. The minimum atomic E-state index is 0.384. The number of fused-ring (bicyclic) bond motifs is 1. The molecule has 0 aliphatic heterocycles. The molecule has 0 bridgehead atoms. The average Bonchev–Trinajstić information content (AvgIpc) is 2.88. The summed E-state index contributed by atoms with van der Waals surface area (Å²) in [6.45, 7) is 7.67. The molecular formula is C28H32N4O5. The minimum absolute atomic E-state index is 0.384. The molecule has 0 radical (unpaired) electrons. The van der Waals surface area contributed by atoms with Gasteiger partial charge in [-0.05, 0) is 62.2 Å². The lowest BCUT2D eigenvalue weighted by molar-refractivity contribution is 0.132. The van der Waals surface area contributed by atoms with Gasteiger partial charge in [-0.1, -0.05) is 0 Å². The van der Waals surface area contributed by atoms with E-state index in [2.05, 4.69) is 20.3 Å². The van der Waals surface area contributed by atoms with Crippen molar-refractivity contribution >= 4 is 22.4 Å². The van der Waals surface area contributed by atoms with E-state index in [9.17, 15) is 0 Å². The molecule has 194 valence electrons. The van der Waals surface area contributed by atoms with Gasteiger partial charge in [-0.3, -0.25) is 4.98 Å². The molecule has 0 aliphatic rings. The van der Waals surface area contributed by atoms with Crippen LogP contribution in [0.3, 0.4) is 0 Å². The quantitative estimate of drug-likeness (QED) is 0.250. The molecule has 0 spiro atoms. The number of hydrogen-bond acceptors (Lipinski definition) is 9. The number of benzene rings is 2. The topological polar surface area (TPSA) is 96.9 Å². The van der Waals surface area contributed by atoms with Gasteiger partial charge in [0.2, 0.25) is 0 Å². The number of anilines is 2. The Labute approximate surface area is 216 Å². The summed E-state index contributed by atoms with van der Waals surface area (Å²) < 4.78 is 28.2. The summed E-state index contributed by atoms with van der Waals surface area (Å²) in [7, 11) is 3.26. The van der Waals surface area contributed by atoms with E-state index in [1.54, 1.807) is 20.4 Å². The number of nitrogens with one attached hydrogen (secondary N) is 1. The van der Waals surface area contributed by atoms with Gasteiger partial charge in [-0.25, -0.2) is 9.97 Å². The molecule has 37 heavy (non-hydrogen) atoms. The smallest absolute Gasteiger partial charge is 0.163 e. The maximum absolute atomic E-state index is 6.12. The molecule has 1 N–H and O–H groups in total. The van der Waals surface area contributed by atoms with Gasteiger partial charge in [0, 0.05) is 37.1 Å². The highest BCUT2D eigenvalue weighted by molar-refractivity contribution is 5.93. The van der Waals surface area contributed by atoms with Crippen molar-refractivity contribution in [3.05, 3.63) is 65.7 Å². The van der Waals surface area contributed by atoms with Crippen LogP contribution in [-0.2, 0) is 9.47 Å². The summed E-state index contributed by atoms with van der Waals surface area (Å²) in [4.78, 5) is 13.3. The fraction of sp³-hybridized carbons (Fsp3) is 0.321. The summed E-state index contributed by atoms with van der Waals surface area (Å²) in [5.41, 5.74) is 4.52. The molecule has 9 heteroatoms. The second-order valence-corrected chi connectivity index (χ2v) is 8.52. The lowest BCUT2D eigenvalue weighted by Crippen LogP contribution is -2.09.